The number of aromatic nitrogens is 1. The van der Waals surface area contributed by atoms with Crippen LogP contribution in [0, 0.1) is 5.82 Å². The van der Waals surface area contributed by atoms with Crippen molar-refractivity contribution in [3.63, 3.8) is 0 Å². The molecule has 1 unspecified atom stereocenters. The molecule has 0 aliphatic rings. The molecule has 0 saturated heterocycles. The van der Waals surface area contributed by atoms with Gasteiger partial charge in [0, 0.05) is 23.1 Å². The third kappa shape index (κ3) is 4.03. The number of carbonyl (C=O) groups excluding carboxylic acids is 1. The summed E-state index contributed by atoms with van der Waals surface area (Å²) in [5.74, 6) is -0.420. The highest BCUT2D eigenvalue weighted by atomic mass is 35.5. The van der Waals surface area contributed by atoms with Crippen molar-refractivity contribution in [1.82, 2.24) is 4.57 Å². The largest absolute Gasteiger partial charge is 0.346 e. The molecule has 122 valence electrons. The lowest BCUT2D eigenvalue weighted by Crippen LogP contribution is -2.19. The number of halogens is 2. The van der Waals surface area contributed by atoms with Crippen LogP contribution in [-0.2, 0) is 4.79 Å². The first-order chi connectivity index (χ1) is 11.6. The van der Waals surface area contributed by atoms with Crippen molar-refractivity contribution >= 4 is 23.2 Å². The van der Waals surface area contributed by atoms with Crippen molar-refractivity contribution in [2.45, 2.75) is 12.5 Å². The lowest BCUT2D eigenvalue weighted by molar-refractivity contribution is -0.116. The number of hydrogen-bond acceptors (Lipinski definition) is 1. The molecule has 0 saturated carbocycles. The first-order valence-corrected chi connectivity index (χ1v) is 7.93. The first-order valence-electron chi connectivity index (χ1n) is 7.55. The summed E-state index contributed by atoms with van der Waals surface area (Å²) in [6.07, 6.45) is 4.02. The topological polar surface area (TPSA) is 34.0 Å². The van der Waals surface area contributed by atoms with Gasteiger partial charge in [-0.05, 0) is 54.1 Å². The molecule has 3 nitrogen and oxygen atoms in total. The first kappa shape index (κ1) is 16.3. The van der Waals surface area contributed by atoms with Gasteiger partial charge in [-0.15, -0.1) is 0 Å². The predicted molar refractivity (Wildman–Crippen MR) is 93.7 cm³/mol. The second-order valence-corrected chi connectivity index (χ2v) is 5.89. The van der Waals surface area contributed by atoms with E-state index in [9.17, 15) is 9.18 Å². The van der Waals surface area contributed by atoms with Crippen molar-refractivity contribution < 1.29 is 9.18 Å². The minimum atomic E-state index is -0.296. The van der Waals surface area contributed by atoms with E-state index in [0.29, 0.717) is 10.7 Å². The van der Waals surface area contributed by atoms with Crippen LogP contribution in [0.2, 0.25) is 5.02 Å². The fourth-order valence-corrected chi connectivity index (χ4v) is 2.68. The lowest BCUT2D eigenvalue weighted by atomic mass is 10.0. The molecule has 0 aliphatic carbocycles. The van der Waals surface area contributed by atoms with E-state index < -0.39 is 0 Å². The smallest absolute Gasteiger partial charge is 0.226 e. The van der Waals surface area contributed by atoms with Crippen LogP contribution >= 0.6 is 11.6 Å². The molecular formula is C19H16ClFN2O. The maximum Gasteiger partial charge on any atom is 0.226 e. The predicted octanol–water partition coefficient (Wildman–Crippen LogP) is 4.90. The molecule has 3 aromatic rings. The average Bonchev–Trinajstić information content (AvgIpc) is 3.10. The molecule has 0 aliphatic heterocycles. The second kappa shape index (κ2) is 7.32. The summed E-state index contributed by atoms with van der Waals surface area (Å²) >= 11 is 5.85. The quantitative estimate of drug-likeness (QED) is 0.703. The third-order valence-corrected chi connectivity index (χ3v) is 4.00. The van der Waals surface area contributed by atoms with Gasteiger partial charge < -0.3 is 9.88 Å². The molecule has 5 heteroatoms. The fraction of sp³-hybridized carbons (Fsp3) is 0.105. The Hall–Kier alpha value is -2.59. The summed E-state index contributed by atoms with van der Waals surface area (Å²) < 4.78 is 15.1. The molecule has 1 amide bonds. The molecule has 24 heavy (non-hydrogen) atoms. The number of amides is 1. The van der Waals surface area contributed by atoms with E-state index in [2.05, 4.69) is 5.32 Å². The monoisotopic (exact) mass is 342 g/mol. The summed E-state index contributed by atoms with van der Waals surface area (Å²) in [4.78, 5) is 12.4. The van der Waals surface area contributed by atoms with E-state index in [1.165, 1.54) is 12.1 Å². The Labute approximate surface area is 144 Å². The molecule has 1 aromatic heterocycles. The van der Waals surface area contributed by atoms with Gasteiger partial charge in [0.1, 0.15) is 5.82 Å². The van der Waals surface area contributed by atoms with Crippen LogP contribution in [0.1, 0.15) is 18.0 Å². The van der Waals surface area contributed by atoms with Crippen LogP contribution < -0.4 is 5.32 Å². The van der Waals surface area contributed by atoms with Crippen molar-refractivity contribution in [2.24, 2.45) is 0 Å². The molecule has 0 bridgehead atoms. The van der Waals surface area contributed by atoms with Gasteiger partial charge in [-0.1, -0.05) is 23.7 Å². The summed E-state index contributed by atoms with van der Waals surface area (Å²) in [5.41, 5.74) is 1.56. The zero-order chi connectivity index (χ0) is 16.9. The highest BCUT2D eigenvalue weighted by Crippen LogP contribution is 2.24. The van der Waals surface area contributed by atoms with Gasteiger partial charge in [0.2, 0.25) is 5.91 Å². The van der Waals surface area contributed by atoms with Gasteiger partial charge in [0.05, 0.1) is 12.5 Å². The number of nitrogens with one attached hydrogen (secondary N) is 1. The molecule has 0 radical (unpaired) electrons. The molecule has 1 atom stereocenters. The molecule has 1 heterocycles. The molecule has 1 N–H and O–H groups in total. The highest BCUT2D eigenvalue weighted by molar-refractivity contribution is 6.30. The van der Waals surface area contributed by atoms with Crippen LogP contribution in [-0.4, -0.2) is 10.5 Å². The van der Waals surface area contributed by atoms with E-state index in [4.69, 9.17) is 11.6 Å². The van der Waals surface area contributed by atoms with Crippen molar-refractivity contribution in [3.05, 3.63) is 89.5 Å². The summed E-state index contributed by atoms with van der Waals surface area (Å²) in [6.45, 7) is 0. The Balaban J connectivity index is 1.77. The van der Waals surface area contributed by atoms with Crippen molar-refractivity contribution in [1.29, 1.82) is 0 Å². The summed E-state index contributed by atoms with van der Waals surface area (Å²) in [7, 11) is 0. The van der Waals surface area contributed by atoms with E-state index in [0.717, 1.165) is 5.56 Å². The zero-order valence-electron chi connectivity index (χ0n) is 12.8. The number of benzene rings is 2. The summed E-state index contributed by atoms with van der Waals surface area (Å²) in [5, 5.41) is 3.47. The van der Waals surface area contributed by atoms with Crippen LogP contribution in [0.25, 0.3) is 0 Å². The lowest BCUT2D eigenvalue weighted by Gasteiger charge is -2.19. The maximum absolute atomic E-state index is 13.2. The molecule has 2 aromatic carbocycles. The molecule has 3 rings (SSSR count). The Kier molecular flexibility index (Phi) is 4.96. The van der Waals surface area contributed by atoms with Crippen LogP contribution in [0.15, 0.2) is 73.1 Å². The van der Waals surface area contributed by atoms with Crippen molar-refractivity contribution in [2.75, 3.05) is 5.32 Å². The van der Waals surface area contributed by atoms with E-state index in [1.807, 2.05) is 29.1 Å². The van der Waals surface area contributed by atoms with Gasteiger partial charge in [0.25, 0.3) is 0 Å². The number of hydrogen-bond donors (Lipinski definition) is 1. The second-order valence-electron chi connectivity index (χ2n) is 5.46. The third-order valence-electron chi connectivity index (χ3n) is 3.75. The number of rotatable bonds is 5. The van der Waals surface area contributed by atoms with Crippen molar-refractivity contribution in [3.8, 4) is 0 Å². The molecular weight excluding hydrogens is 327 g/mol. The Morgan fingerprint density at radius 2 is 1.67 bits per heavy atom. The SMILES string of the molecule is O=C(CC(c1ccc(F)cc1)n1cccc1)Nc1ccc(Cl)cc1. The highest BCUT2D eigenvalue weighted by Gasteiger charge is 2.17. The summed E-state index contributed by atoms with van der Waals surface area (Å²) in [6, 6.07) is 16.8. The van der Waals surface area contributed by atoms with Gasteiger partial charge in [-0.3, -0.25) is 4.79 Å². The Bertz CT molecular complexity index is 798. The average molecular weight is 343 g/mol. The molecule has 0 spiro atoms. The Morgan fingerprint density at radius 3 is 2.29 bits per heavy atom. The van der Waals surface area contributed by atoms with Crippen LogP contribution in [0.4, 0.5) is 10.1 Å². The van der Waals surface area contributed by atoms with E-state index in [1.54, 1.807) is 36.4 Å². The minimum absolute atomic E-state index is 0.125. The van der Waals surface area contributed by atoms with Gasteiger partial charge in [-0.25, -0.2) is 4.39 Å². The van der Waals surface area contributed by atoms with Gasteiger partial charge in [0.15, 0.2) is 0 Å². The zero-order valence-corrected chi connectivity index (χ0v) is 13.6. The Morgan fingerprint density at radius 1 is 1.04 bits per heavy atom. The standard InChI is InChI=1S/C19H16ClFN2O/c20-15-5-9-17(10-6-15)22-19(24)13-18(23-11-1-2-12-23)14-3-7-16(21)8-4-14/h1-12,18H,13H2,(H,22,24). The van der Waals surface area contributed by atoms with Crippen LogP contribution in [0.5, 0.6) is 0 Å². The fourth-order valence-electron chi connectivity index (χ4n) is 2.56. The van der Waals surface area contributed by atoms with Gasteiger partial charge in [-0.2, -0.15) is 0 Å². The number of anilines is 1. The van der Waals surface area contributed by atoms with Gasteiger partial charge >= 0.3 is 0 Å². The number of nitrogens with zero attached hydrogens (tertiary/aromatic N) is 1. The van der Waals surface area contributed by atoms with E-state index >= 15 is 0 Å². The normalized spacial score (nSPS) is 11.9. The van der Waals surface area contributed by atoms with E-state index in [-0.39, 0.29) is 24.2 Å². The molecule has 0 fully saturated rings. The number of carbonyl (C=O) groups is 1. The maximum atomic E-state index is 13.2. The minimum Gasteiger partial charge on any atom is -0.346 e. The van der Waals surface area contributed by atoms with Crippen LogP contribution in [0.3, 0.4) is 0 Å².